The number of aryl methyl sites for hydroxylation is 2. The van der Waals surface area contributed by atoms with Crippen LogP contribution in [0.5, 0.6) is 11.5 Å². The second-order valence-corrected chi connectivity index (χ2v) is 15.1. The van der Waals surface area contributed by atoms with Crippen molar-refractivity contribution in [2.45, 2.75) is 44.9 Å². The molecule has 0 spiro atoms. The average Bonchev–Trinajstić information content (AvgIpc) is 3.85. The number of ether oxygens (including phenoxy) is 1. The van der Waals surface area contributed by atoms with Crippen LogP contribution >= 0.6 is 0 Å². The fraction of sp³-hybridized carbons (Fsp3) is 0.135. The minimum Gasteiger partial charge on any atom is -0.457 e. The van der Waals surface area contributed by atoms with Crippen molar-refractivity contribution in [2.24, 2.45) is 0 Å². The lowest BCUT2D eigenvalue weighted by molar-refractivity contribution is 0.417. The second-order valence-electron chi connectivity index (χ2n) is 15.1. The van der Waals surface area contributed by atoms with Crippen LogP contribution in [0.4, 0.5) is 11.9 Å². The summed E-state index contributed by atoms with van der Waals surface area (Å²) in [4.78, 5) is 17.7. The van der Waals surface area contributed by atoms with Gasteiger partial charge >= 0.3 is 0 Å². The lowest BCUT2D eigenvalue weighted by Gasteiger charge is -2.35. The van der Waals surface area contributed by atoms with Crippen molar-refractivity contribution in [1.82, 2.24) is 19.5 Å². The molecule has 0 fully saturated rings. The van der Waals surface area contributed by atoms with Crippen LogP contribution in [0.1, 0.15) is 58.4 Å². The monoisotopic (exact) mass is 761 g/mol. The van der Waals surface area contributed by atoms with Crippen molar-refractivity contribution >= 4 is 22.9 Å². The third-order valence-corrected chi connectivity index (χ3v) is 11.9. The highest BCUT2D eigenvalue weighted by Gasteiger charge is 2.42. The minimum absolute atomic E-state index is 0.0632. The van der Waals surface area contributed by atoms with Gasteiger partial charge < -0.3 is 9.30 Å². The summed E-state index contributed by atoms with van der Waals surface area (Å²) in [6, 6.07) is 35.0. The topological polar surface area (TPSA) is 56.1 Å². The fourth-order valence-electron chi connectivity index (χ4n) is 9.23. The van der Waals surface area contributed by atoms with E-state index in [9.17, 15) is 0 Å². The van der Waals surface area contributed by atoms with Crippen molar-refractivity contribution in [3.8, 4) is 67.3 Å². The van der Waals surface area contributed by atoms with E-state index in [-0.39, 0.29) is 51.4 Å². The molecule has 2 aliphatic carbocycles. The number of nitrogens with zero attached hydrogens (tertiary/aromatic N) is 5. The van der Waals surface area contributed by atoms with Crippen molar-refractivity contribution in [2.75, 3.05) is 4.90 Å². The standard InChI is InChI=1S/C52H39N5O/c1-30-21-24-41-47(25-30)58-48-26-31(2)38(28-42(48)52(41,3)4)32-22-23-37-39(27-32)35-15-7-5-13-33(35)34-14-6-8-16-36(34)40-29-53-50(55-49(37)40)57-46-20-12-11-19-45(46)56-44-18-10-9-17-43(44)54-51(56)57/h5-29,45-46H,1-4H3/i1D3,2D3,3D3,4D3. The molecule has 4 heterocycles. The summed E-state index contributed by atoms with van der Waals surface area (Å²) in [5, 5.41) is 0. The van der Waals surface area contributed by atoms with Gasteiger partial charge in [0, 0.05) is 50.3 Å². The minimum atomic E-state index is -3.28. The van der Waals surface area contributed by atoms with E-state index in [0.717, 1.165) is 44.9 Å². The maximum absolute atomic E-state index is 8.96. The Labute approximate surface area is 354 Å². The molecule has 6 heteroatoms. The number of hydrogen-bond donors (Lipinski definition) is 0. The first-order valence-electron chi connectivity index (χ1n) is 25.1. The summed E-state index contributed by atoms with van der Waals surface area (Å²) in [5.41, 5.74) is 4.69. The number of rotatable bonds is 2. The Kier molecular flexibility index (Phi) is 4.80. The number of imidazole rings is 1. The van der Waals surface area contributed by atoms with Crippen LogP contribution in [-0.2, 0) is 5.41 Å². The van der Waals surface area contributed by atoms with E-state index >= 15 is 0 Å². The molecule has 4 aliphatic rings. The van der Waals surface area contributed by atoms with Crippen molar-refractivity contribution in [3.63, 3.8) is 0 Å². The first kappa shape index (κ1) is 23.2. The van der Waals surface area contributed by atoms with E-state index in [1.807, 2.05) is 97.2 Å². The van der Waals surface area contributed by atoms with Gasteiger partial charge in [-0.1, -0.05) is 123 Å². The van der Waals surface area contributed by atoms with Gasteiger partial charge in [0.05, 0.1) is 28.8 Å². The van der Waals surface area contributed by atoms with Gasteiger partial charge in [0.25, 0.3) is 0 Å². The molecule has 0 N–H and O–H groups in total. The number of fused-ring (bicyclic) bond motifs is 15. The Bertz CT molecular complexity index is 3570. The molecule has 2 aromatic heterocycles. The molecule has 12 rings (SSSR count). The molecule has 0 radical (unpaired) electrons. The Morgan fingerprint density at radius 1 is 0.621 bits per heavy atom. The number of para-hydroxylation sites is 2. The van der Waals surface area contributed by atoms with Crippen LogP contribution in [0.25, 0.3) is 66.8 Å². The predicted octanol–water partition coefficient (Wildman–Crippen LogP) is 12.7. The fourth-order valence-corrected chi connectivity index (χ4v) is 9.23. The van der Waals surface area contributed by atoms with Crippen molar-refractivity contribution < 1.29 is 21.2 Å². The Morgan fingerprint density at radius 3 is 2.16 bits per heavy atom. The number of allylic oxidation sites excluding steroid dienone is 2. The van der Waals surface area contributed by atoms with Crippen LogP contribution in [0, 0.1) is 13.7 Å². The highest BCUT2D eigenvalue weighted by Crippen LogP contribution is 2.52. The summed E-state index contributed by atoms with van der Waals surface area (Å²) in [6.45, 7) is -12.0. The largest absolute Gasteiger partial charge is 0.457 e. The van der Waals surface area contributed by atoms with Crippen LogP contribution in [0.15, 0.2) is 152 Å². The van der Waals surface area contributed by atoms with E-state index in [4.69, 9.17) is 36.1 Å². The molecule has 0 bridgehead atoms. The summed E-state index contributed by atoms with van der Waals surface area (Å²) < 4.78 is 113. The molecule has 0 amide bonds. The Balaban J connectivity index is 1.11. The molecule has 2 atom stereocenters. The quantitative estimate of drug-likeness (QED) is 0.176. The van der Waals surface area contributed by atoms with Gasteiger partial charge in [0.15, 0.2) is 0 Å². The number of anilines is 2. The highest BCUT2D eigenvalue weighted by molar-refractivity contribution is 6.03. The molecule has 6 nitrogen and oxygen atoms in total. The van der Waals surface area contributed by atoms with Crippen molar-refractivity contribution in [1.29, 1.82) is 0 Å². The maximum atomic E-state index is 8.96. The van der Waals surface area contributed by atoms with Crippen LogP contribution < -0.4 is 9.64 Å². The molecule has 0 saturated carbocycles. The zero-order valence-electron chi connectivity index (χ0n) is 42.7. The lowest BCUT2D eigenvalue weighted by Crippen LogP contribution is -2.31. The third-order valence-electron chi connectivity index (χ3n) is 11.9. The van der Waals surface area contributed by atoms with Gasteiger partial charge in [0.2, 0.25) is 11.9 Å². The van der Waals surface area contributed by atoms with E-state index in [0.29, 0.717) is 34.3 Å². The second kappa shape index (κ2) is 12.0. The van der Waals surface area contributed by atoms with Gasteiger partial charge in [-0.05, 0) is 100 Å². The first-order valence-corrected chi connectivity index (χ1v) is 19.1. The van der Waals surface area contributed by atoms with Gasteiger partial charge in [-0.3, -0.25) is 4.90 Å². The van der Waals surface area contributed by atoms with Gasteiger partial charge in [-0.15, -0.1) is 0 Å². The normalized spacial score (nSPS) is 21.3. The van der Waals surface area contributed by atoms with E-state index in [1.165, 1.54) is 24.3 Å². The van der Waals surface area contributed by atoms with E-state index in [1.54, 1.807) is 6.07 Å². The molecular weight excluding hydrogens is 711 g/mol. The summed E-state index contributed by atoms with van der Waals surface area (Å²) in [5.74, 6) is 0.497. The average molecular weight is 762 g/mol. The summed E-state index contributed by atoms with van der Waals surface area (Å²) in [7, 11) is 0. The molecule has 8 aromatic rings. The molecule has 58 heavy (non-hydrogen) atoms. The number of benzene rings is 6. The SMILES string of the molecule is [2H]C([2H])([2H])c1ccc2c(c1)Oc1cc(C([2H])([2H])[2H])c(-c3ccc4c(c3)-c3ccccc3-c3ccccc3-c3cnc(N5c6nc7ccccc7n6C6C=CC=CC65)nc3-4)cc1C2(C([2H])([2H])[2H])C([2H])([2H])[2H]. The van der Waals surface area contributed by atoms with Crippen molar-refractivity contribution in [3.05, 3.63) is 174 Å². The Morgan fingerprint density at radius 2 is 1.36 bits per heavy atom. The van der Waals surface area contributed by atoms with E-state index in [2.05, 4.69) is 27.7 Å². The van der Waals surface area contributed by atoms with Gasteiger partial charge in [-0.25, -0.2) is 15.0 Å². The lowest BCUT2D eigenvalue weighted by atomic mass is 9.74. The van der Waals surface area contributed by atoms with Gasteiger partial charge in [0.1, 0.15) is 11.5 Å². The highest BCUT2D eigenvalue weighted by atomic mass is 16.5. The molecule has 2 unspecified atom stereocenters. The van der Waals surface area contributed by atoms with Crippen LogP contribution in [0.3, 0.4) is 0 Å². The smallest absolute Gasteiger partial charge is 0.233 e. The molecular formula is C52H39N5O. The van der Waals surface area contributed by atoms with E-state index < -0.39 is 32.8 Å². The van der Waals surface area contributed by atoms with Crippen LogP contribution in [-0.4, -0.2) is 25.6 Å². The van der Waals surface area contributed by atoms with Gasteiger partial charge in [-0.2, -0.15) is 0 Å². The molecule has 6 aromatic carbocycles. The Hall–Kier alpha value is -7.05. The maximum Gasteiger partial charge on any atom is 0.233 e. The number of aromatic nitrogens is 4. The number of hydrogen-bond acceptors (Lipinski definition) is 5. The zero-order chi connectivity index (χ0) is 48.9. The summed E-state index contributed by atoms with van der Waals surface area (Å²) in [6.07, 6.45) is 10.1. The third kappa shape index (κ3) is 4.63. The zero-order valence-corrected chi connectivity index (χ0v) is 30.7. The molecule has 278 valence electrons. The molecule has 0 saturated heterocycles. The summed E-state index contributed by atoms with van der Waals surface area (Å²) >= 11 is 0. The predicted molar refractivity (Wildman–Crippen MR) is 234 cm³/mol. The van der Waals surface area contributed by atoms with Crippen LogP contribution in [0.2, 0.25) is 0 Å². The first-order chi connectivity index (χ1) is 33.3. The molecule has 2 aliphatic heterocycles.